The van der Waals surface area contributed by atoms with Crippen molar-refractivity contribution in [2.24, 2.45) is 5.73 Å². The molecular formula is C2H7BrN-. The third-order valence-electron chi connectivity index (χ3n) is 0. The Morgan fingerprint density at radius 1 is 1.75 bits per heavy atom. The Balaban J connectivity index is 0. The van der Waals surface area contributed by atoms with Crippen LogP contribution < -0.4 is 22.7 Å². The van der Waals surface area contributed by atoms with Crippen LogP contribution in [-0.4, -0.2) is 6.54 Å². The van der Waals surface area contributed by atoms with Crippen LogP contribution in [0.5, 0.6) is 0 Å². The van der Waals surface area contributed by atoms with Crippen LogP contribution in [0, 0.1) is 0 Å². The molecule has 0 saturated carbocycles. The minimum atomic E-state index is 0. The zero-order valence-corrected chi connectivity index (χ0v) is 4.25. The molecule has 0 heterocycles. The van der Waals surface area contributed by atoms with Crippen LogP contribution in [0.4, 0.5) is 0 Å². The minimum Gasteiger partial charge on any atom is -1.00 e. The first-order valence-electron chi connectivity index (χ1n) is 1.12. The molecule has 0 atom stereocenters. The lowest BCUT2D eigenvalue weighted by Crippen LogP contribution is -3.00. The largest absolute Gasteiger partial charge is 1.00 e. The molecule has 0 aliphatic carbocycles. The average Bonchev–Trinajstić information content (AvgIpc) is 0.918. The van der Waals surface area contributed by atoms with Gasteiger partial charge >= 0.3 is 0 Å². The van der Waals surface area contributed by atoms with E-state index in [1.165, 1.54) is 0 Å². The van der Waals surface area contributed by atoms with Crippen molar-refractivity contribution < 1.29 is 17.0 Å². The van der Waals surface area contributed by atoms with Crippen LogP contribution in [0.25, 0.3) is 0 Å². The highest BCUT2D eigenvalue weighted by Gasteiger charge is 1.32. The molecule has 1 nitrogen and oxygen atoms in total. The van der Waals surface area contributed by atoms with E-state index in [-0.39, 0.29) is 17.0 Å². The van der Waals surface area contributed by atoms with Gasteiger partial charge in [0, 0.05) is 0 Å². The second-order valence-corrected chi connectivity index (χ2v) is 0.408. The van der Waals surface area contributed by atoms with Crippen molar-refractivity contribution in [2.45, 2.75) is 6.92 Å². The molecule has 28 valence electrons. The van der Waals surface area contributed by atoms with Crippen LogP contribution in [-0.2, 0) is 0 Å². The molecule has 0 aliphatic heterocycles. The van der Waals surface area contributed by atoms with E-state index in [2.05, 4.69) is 0 Å². The highest BCUT2D eigenvalue weighted by Crippen LogP contribution is 1.20. The van der Waals surface area contributed by atoms with Crippen molar-refractivity contribution in [2.75, 3.05) is 6.54 Å². The third kappa shape index (κ3) is 26.1. The van der Waals surface area contributed by atoms with Gasteiger partial charge in [0.1, 0.15) is 0 Å². The molecule has 0 fully saturated rings. The van der Waals surface area contributed by atoms with Gasteiger partial charge < -0.3 is 22.7 Å². The Morgan fingerprint density at radius 3 is 1.75 bits per heavy atom. The van der Waals surface area contributed by atoms with E-state index < -0.39 is 0 Å². The van der Waals surface area contributed by atoms with Gasteiger partial charge in [-0.2, -0.15) is 0 Å². The lowest BCUT2D eigenvalue weighted by Gasteiger charge is -1.53. The first-order chi connectivity index (χ1) is 1.41. The van der Waals surface area contributed by atoms with Crippen molar-refractivity contribution in [3.63, 3.8) is 0 Å². The Bertz CT molecular complexity index is 6.00. The highest BCUT2D eigenvalue weighted by atomic mass is 79.9. The van der Waals surface area contributed by atoms with Crippen molar-refractivity contribution in [3.8, 4) is 0 Å². The number of hydrogen-bond acceptors (Lipinski definition) is 1. The van der Waals surface area contributed by atoms with Crippen LogP contribution in [0.2, 0.25) is 0 Å². The van der Waals surface area contributed by atoms with Crippen LogP contribution in [0.3, 0.4) is 0 Å². The summed E-state index contributed by atoms with van der Waals surface area (Å²) in [7, 11) is 0. The fourth-order valence-corrected chi connectivity index (χ4v) is 0. The van der Waals surface area contributed by atoms with Gasteiger partial charge in [0.05, 0.1) is 0 Å². The van der Waals surface area contributed by atoms with Gasteiger partial charge in [-0.25, -0.2) is 0 Å². The predicted octanol–water partition coefficient (Wildman–Crippen LogP) is -3.03. The molecule has 0 amide bonds. The lowest BCUT2D eigenvalue weighted by molar-refractivity contribution is -0.000000854. The summed E-state index contributed by atoms with van der Waals surface area (Å²) in [5.41, 5.74) is 4.85. The molecule has 0 rings (SSSR count). The summed E-state index contributed by atoms with van der Waals surface area (Å²) in [6.07, 6.45) is 0. The normalized spacial score (nSPS) is 4.50. The SMILES string of the molecule is CCN.[Br-]. The highest BCUT2D eigenvalue weighted by molar-refractivity contribution is 4.00. The van der Waals surface area contributed by atoms with E-state index in [0.717, 1.165) is 6.54 Å². The fourth-order valence-electron chi connectivity index (χ4n) is 0. The molecule has 2 N–H and O–H groups in total. The van der Waals surface area contributed by atoms with Gasteiger partial charge in [-0.05, 0) is 6.54 Å². The number of hydrogen-bond donors (Lipinski definition) is 1. The molecule has 0 saturated heterocycles. The molecule has 0 bridgehead atoms. The molecule has 0 aliphatic rings. The number of nitrogens with two attached hydrogens (primary N) is 1. The van der Waals surface area contributed by atoms with Crippen LogP contribution in [0.1, 0.15) is 6.92 Å². The monoisotopic (exact) mass is 124 g/mol. The van der Waals surface area contributed by atoms with Crippen LogP contribution in [0.15, 0.2) is 0 Å². The first-order valence-corrected chi connectivity index (χ1v) is 1.12. The van der Waals surface area contributed by atoms with E-state index in [1.54, 1.807) is 0 Å². The molecule has 4 heavy (non-hydrogen) atoms. The summed E-state index contributed by atoms with van der Waals surface area (Å²) in [5, 5.41) is 0. The van der Waals surface area contributed by atoms with Crippen molar-refractivity contribution in [3.05, 3.63) is 0 Å². The average molecular weight is 125 g/mol. The molecule has 0 spiro atoms. The summed E-state index contributed by atoms with van der Waals surface area (Å²) in [4.78, 5) is 0. The zero-order chi connectivity index (χ0) is 2.71. The summed E-state index contributed by atoms with van der Waals surface area (Å²) in [6.45, 7) is 2.65. The molecule has 0 radical (unpaired) electrons. The summed E-state index contributed by atoms with van der Waals surface area (Å²) in [5.74, 6) is 0. The maximum absolute atomic E-state index is 4.85. The first kappa shape index (κ1) is 8.83. The van der Waals surface area contributed by atoms with Crippen molar-refractivity contribution in [1.82, 2.24) is 0 Å². The quantitative estimate of drug-likeness (QED) is 0.366. The van der Waals surface area contributed by atoms with E-state index in [1.807, 2.05) is 6.92 Å². The lowest BCUT2D eigenvalue weighted by atomic mass is 10.8. The Kier molecular flexibility index (Phi) is 21.8. The maximum atomic E-state index is 4.85. The zero-order valence-electron chi connectivity index (χ0n) is 2.66. The van der Waals surface area contributed by atoms with E-state index >= 15 is 0 Å². The van der Waals surface area contributed by atoms with E-state index in [0.29, 0.717) is 0 Å². The smallest absolute Gasteiger partial charge is 0.0106 e. The third-order valence-corrected chi connectivity index (χ3v) is 0. The Morgan fingerprint density at radius 2 is 1.75 bits per heavy atom. The summed E-state index contributed by atoms with van der Waals surface area (Å²) in [6, 6.07) is 0. The molecule has 0 aromatic heterocycles. The predicted molar refractivity (Wildman–Crippen MR) is 14.7 cm³/mol. The maximum Gasteiger partial charge on any atom is -0.0106 e. The van der Waals surface area contributed by atoms with Crippen LogP contribution >= 0.6 is 0 Å². The number of halogens is 1. The second-order valence-electron chi connectivity index (χ2n) is 0.408. The molecular weight excluding hydrogens is 118 g/mol. The standard InChI is InChI=1S/C2H7N.BrH/c1-2-3;/h2-3H2,1H3;1H/p-1. The molecule has 0 aromatic carbocycles. The topological polar surface area (TPSA) is 26.0 Å². The van der Waals surface area contributed by atoms with Gasteiger partial charge in [0.25, 0.3) is 0 Å². The molecule has 0 unspecified atom stereocenters. The van der Waals surface area contributed by atoms with E-state index in [4.69, 9.17) is 5.73 Å². The van der Waals surface area contributed by atoms with E-state index in [9.17, 15) is 0 Å². The van der Waals surface area contributed by atoms with Gasteiger partial charge in [-0.3, -0.25) is 0 Å². The molecule has 2 heteroatoms. The second kappa shape index (κ2) is 9.88. The summed E-state index contributed by atoms with van der Waals surface area (Å²) >= 11 is 0. The minimum absolute atomic E-state index is 0. The Labute approximate surface area is 37.0 Å². The van der Waals surface area contributed by atoms with Gasteiger partial charge in [0.15, 0.2) is 0 Å². The number of rotatable bonds is 0. The fraction of sp³-hybridized carbons (Fsp3) is 1.00. The van der Waals surface area contributed by atoms with Gasteiger partial charge in [-0.15, -0.1) is 0 Å². The van der Waals surface area contributed by atoms with Gasteiger partial charge in [-0.1, -0.05) is 6.92 Å². The van der Waals surface area contributed by atoms with Gasteiger partial charge in [0.2, 0.25) is 0 Å². The van der Waals surface area contributed by atoms with Crippen molar-refractivity contribution >= 4 is 0 Å². The van der Waals surface area contributed by atoms with Crippen molar-refractivity contribution in [1.29, 1.82) is 0 Å². The molecule has 0 aromatic rings. The Hall–Kier alpha value is 0.440. The summed E-state index contributed by atoms with van der Waals surface area (Å²) < 4.78 is 0.